The van der Waals surface area contributed by atoms with Crippen molar-refractivity contribution in [1.29, 1.82) is 0 Å². The van der Waals surface area contributed by atoms with Crippen LogP contribution in [0.3, 0.4) is 0 Å². The first-order valence-corrected chi connectivity index (χ1v) is 12.6. The summed E-state index contributed by atoms with van der Waals surface area (Å²) < 4.78 is 98.8. The van der Waals surface area contributed by atoms with Gasteiger partial charge in [0.1, 0.15) is 17.7 Å². The third-order valence-electron chi connectivity index (χ3n) is 6.91. The summed E-state index contributed by atoms with van der Waals surface area (Å²) in [6, 6.07) is 5.00. The van der Waals surface area contributed by atoms with Crippen LogP contribution in [0.5, 0.6) is 5.75 Å². The van der Waals surface area contributed by atoms with Crippen LogP contribution in [0.25, 0.3) is 0 Å². The van der Waals surface area contributed by atoms with Gasteiger partial charge in [-0.15, -0.1) is 0 Å². The zero-order valence-electron chi connectivity index (χ0n) is 21.5. The number of para-hydroxylation sites is 1. The molecule has 2 saturated heterocycles. The van der Waals surface area contributed by atoms with E-state index in [9.17, 15) is 40.3 Å². The van der Waals surface area contributed by atoms with Crippen molar-refractivity contribution >= 4 is 17.7 Å². The number of hydrogen-bond acceptors (Lipinski definition) is 8. The Labute approximate surface area is 232 Å². The van der Waals surface area contributed by atoms with Crippen LogP contribution in [-0.2, 0) is 17.1 Å². The van der Waals surface area contributed by atoms with Crippen LogP contribution in [0.1, 0.15) is 17.5 Å². The van der Waals surface area contributed by atoms with Gasteiger partial charge in [0.05, 0.1) is 12.1 Å². The number of nitrogens with zero attached hydrogens (tertiary/aromatic N) is 6. The second-order valence-corrected chi connectivity index (χ2v) is 9.62. The molecule has 0 bridgehead atoms. The normalized spacial score (nSPS) is 19.7. The molecule has 3 aromatic rings. The fourth-order valence-corrected chi connectivity index (χ4v) is 4.81. The van der Waals surface area contributed by atoms with Crippen molar-refractivity contribution in [1.82, 2.24) is 25.1 Å². The van der Waals surface area contributed by atoms with E-state index >= 15 is 0 Å². The molecule has 0 aliphatic carbocycles. The summed E-state index contributed by atoms with van der Waals surface area (Å²) in [5.74, 6) is -1.53. The number of rotatable bonds is 5. The molecular formula is C25H22F7N7O3. The van der Waals surface area contributed by atoms with Crippen molar-refractivity contribution in [3.63, 3.8) is 0 Å². The molecule has 1 N–H and O–H groups in total. The number of amides is 1. The summed E-state index contributed by atoms with van der Waals surface area (Å²) in [4.78, 5) is 37.3. The Morgan fingerprint density at radius 3 is 2.26 bits per heavy atom. The van der Waals surface area contributed by atoms with Gasteiger partial charge in [-0.3, -0.25) is 9.59 Å². The molecule has 2 aliphatic heterocycles. The molecular weight excluding hydrogens is 579 g/mol. The first-order chi connectivity index (χ1) is 19.8. The Morgan fingerprint density at radius 2 is 1.64 bits per heavy atom. The predicted octanol–water partition coefficient (Wildman–Crippen LogP) is 3.11. The number of aromatic amines is 1. The fraction of sp³-hybridized carbons (Fsp3) is 0.400. The molecule has 224 valence electrons. The van der Waals surface area contributed by atoms with E-state index in [-0.39, 0.29) is 56.7 Å². The molecule has 1 aromatic carbocycles. The van der Waals surface area contributed by atoms with Gasteiger partial charge in [-0.25, -0.2) is 19.5 Å². The Morgan fingerprint density at radius 1 is 0.976 bits per heavy atom. The Hall–Kier alpha value is -4.44. The Kier molecular flexibility index (Phi) is 7.68. The van der Waals surface area contributed by atoms with Gasteiger partial charge in [0.25, 0.3) is 5.56 Å². The quantitative estimate of drug-likeness (QED) is 0.445. The maximum atomic E-state index is 14.2. The van der Waals surface area contributed by atoms with E-state index < -0.39 is 52.9 Å². The summed E-state index contributed by atoms with van der Waals surface area (Å²) in [7, 11) is 0. The van der Waals surface area contributed by atoms with E-state index in [0.717, 1.165) is 0 Å². The average Bonchev–Trinajstić information content (AvgIpc) is 3.37. The lowest BCUT2D eigenvalue weighted by atomic mass is 10.1. The molecule has 4 heterocycles. The third kappa shape index (κ3) is 6.08. The zero-order chi connectivity index (χ0) is 30.2. The largest absolute Gasteiger partial charge is 0.485 e. The van der Waals surface area contributed by atoms with E-state index in [1.807, 2.05) is 5.10 Å². The van der Waals surface area contributed by atoms with E-state index in [1.165, 1.54) is 34.1 Å². The van der Waals surface area contributed by atoms with Crippen LogP contribution in [0.2, 0.25) is 0 Å². The van der Waals surface area contributed by atoms with Gasteiger partial charge < -0.3 is 19.4 Å². The molecule has 1 amide bonds. The van der Waals surface area contributed by atoms with Crippen molar-refractivity contribution in [3.05, 3.63) is 70.0 Å². The van der Waals surface area contributed by atoms with Crippen molar-refractivity contribution in [2.24, 2.45) is 0 Å². The first-order valence-electron chi connectivity index (χ1n) is 12.6. The molecule has 0 saturated carbocycles. The average molecular weight is 601 g/mol. The molecule has 5 rings (SSSR count). The SMILES string of the molecule is O=C([C@@H]1C[C@H](Oc2ccccc2F)CN1c1cc(C(F)(F)F)c(=O)[nH]n1)N1CCN(c2ncc(C(F)(F)F)cn2)CC1. The lowest BCUT2D eigenvalue weighted by molar-refractivity contribution is -0.139. The second-order valence-electron chi connectivity index (χ2n) is 9.62. The van der Waals surface area contributed by atoms with Gasteiger partial charge in [0.15, 0.2) is 17.4 Å². The van der Waals surface area contributed by atoms with Crippen LogP contribution in [-0.4, -0.2) is 75.8 Å². The Balaban J connectivity index is 1.34. The highest BCUT2D eigenvalue weighted by atomic mass is 19.4. The predicted molar refractivity (Wildman–Crippen MR) is 132 cm³/mol. The fourth-order valence-electron chi connectivity index (χ4n) is 4.81. The van der Waals surface area contributed by atoms with Crippen LogP contribution in [0, 0.1) is 5.82 Å². The monoisotopic (exact) mass is 601 g/mol. The number of aromatic nitrogens is 4. The van der Waals surface area contributed by atoms with E-state index in [1.54, 1.807) is 4.90 Å². The van der Waals surface area contributed by atoms with Crippen LogP contribution in [0.4, 0.5) is 42.5 Å². The Bertz CT molecular complexity index is 1490. The van der Waals surface area contributed by atoms with Gasteiger partial charge in [0.2, 0.25) is 11.9 Å². The van der Waals surface area contributed by atoms with Crippen LogP contribution in [0.15, 0.2) is 47.5 Å². The standard InChI is InChI=1S/C25H22F7N7O3/c26-17-3-1-2-4-19(17)42-15-9-18(39(13-15)20-10-16(25(30,31)32)21(40)36-35-20)22(41)37-5-7-38(8-6-37)23-33-11-14(12-34-23)24(27,28)29/h1-4,10-12,15,18H,5-9,13H2,(H,36,40)/t15-,18-/m0/s1. The molecule has 2 aliphatic rings. The smallest absolute Gasteiger partial charge is 0.421 e. The number of halogens is 7. The number of alkyl halides is 6. The lowest BCUT2D eigenvalue weighted by Gasteiger charge is -2.37. The van der Waals surface area contributed by atoms with Gasteiger partial charge in [0, 0.05) is 51.1 Å². The number of ether oxygens (including phenoxy) is 1. The molecule has 10 nitrogen and oxygen atoms in total. The maximum absolute atomic E-state index is 14.2. The minimum Gasteiger partial charge on any atom is -0.485 e. The van der Waals surface area contributed by atoms with Gasteiger partial charge in [-0.1, -0.05) is 12.1 Å². The molecule has 42 heavy (non-hydrogen) atoms. The number of anilines is 2. The number of piperazine rings is 1. The molecule has 2 fully saturated rings. The molecule has 0 radical (unpaired) electrons. The van der Waals surface area contributed by atoms with Gasteiger partial charge in [-0.05, 0) is 12.1 Å². The van der Waals surface area contributed by atoms with Crippen LogP contribution >= 0.6 is 0 Å². The van der Waals surface area contributed by atoms with E-state index in [4.69, 9.17) is 4.74 Å². The highest BCUT2D eigenvalue weighted by molar-refractivity contribution is 5.86. The maximum Gasteiger partial charge on any atom is 0.421 e. The molecule has 0 spiro atoms. The summed E-state index contributed by atoms with van der Waals surface area (Å²) in [5, 5.41) is 5.55. The number of carbonyl (C=O) groups is 1. The number of hydrogen-bond donors (Lipinski definition) is 1. The van der Waals surface area contributed by atoms with Crippen molar-refractivity contribution in [3.8, 4) is 5.75 Å². The number of carbonyl (C=O) groups excluding carboxylic acids is 1. The zero-order valence-corrected chi connectivity index (χ0v) is 21.5. The lowest BCUT2D eigenvalue weighted by Crippen LogP contribution is -2.54. The molecule has 0 unspecified atom stereocenters. The topological polar surface area (TPSA) is 108 Å². The summed E-state index contributed by atoms with van der Waals surface area (Å²) in [5.41, 5.74) is -3.95. The highest BCUT2D eigenvalue weighted by Crippen LogP contribution is 2.33. The number of H-pyrrole nitrogens is 1. The minimum absolute atomic E-state index is 0.0302. The summed E-state index contributed by atoms with van der Waals surface area (Å²) >= 11 is 0. The van der Waals surface area contributed by atoms with Crippen LogP contribution < -0.4 is 20.1 Å². The van der Waals surface area contributed by atoms with Crippen molar-refractivity contribution in [2.45, 2.75) is 30.9 Å². The highest BCUT2D eigenvalue weighted by Gasteiger charge is 2.43. The van der Waals surface area contributed by atoms with Gasteiger partial charge >= 0.3 is 12.4 Å². The molecule has 2 atom stereocenters. The number of benzene rings is 1. The molecule has 2 aromatic heterocycles. The van der Waals surface area contributed by atoms with Gasteiger partial charge in [-0.2, -0.15) is 31.4 Å². The molecule has 17 heteroatoms. The summed E-state index contributed by atoms with van der Waals surface area (Å²) in [6.45, 7) is 0.432. The second kappa shape index (κ2) is 11.1. The third-order valence-corrected chi connectivity index (χ3v) is 6.91. The van der Waals surface area contributed by atoms with Crippen molar-refractivity contribution in [2.75, 3.05) is 42.5 Å². The van der Waals surface area contributed by atoms with E-state index in [0.29, 0.717) is 18.5 Å². The van der Waals surface area contributed by atoms with E-state index in [2.05, 4.69) is 15.1 Å². The minimum atomic E-state index is -4.98. The van der Waals surface area contributed by atoms with Crippen molar-refractivity contribution < 1.29 is 40.3 Å². The first kappa shape index (κ1) is 29.1. The summed E-state index contributed by atoms with van der Waals surface area (Å²) in [6.07, 6.45) is -9.09. The number of nitrogens with one attached hydrogen (secondary N) is 1.